The second-order valence-corrected chi connectivity index (χ2v) is 5.76. The SMILES string of the molecule is CC(C)n1ncnc1CN(C)CC(C)(C)CN. The number of rotatable bonds is 6. The van der Waals surface area contributed by atoms with Crippen LogP contribution in [0.2, 0.25) is 0 Å². The standard InChI is InChI=1S/C12H25N5/c1-10(2)17-11(14-9-15-17)6-16(5)8-12(3,4)7-13/h9-10H,6-8,13H2,1-5H3. The Hall–Kier alpha value is -0.940. The lowest BCUT2D eigenvalue weighted by Crippen LogP contribution is -2.37. The number of aromatic nitrogens is 3. The Morgan fingerprint density at radius 1 is 1.47 bits per heavy atom. The molecular weight excluding hydrogens is 214 g/mol. The van der Waals surface area contributed by atoms with Gasteiger partial charge in [-0.15, -0.1) is 0 Å². The number of hydrogen-bond donors (Lipinski definition) is 1. The topological polar surface area (TPSA) is 60.0 Å². The molecule has 17 heavy (non-hydrogen) atoms. The molecule has 0 radical (unpaired) electrons. The minimum Gasteiger partial charge on any atom is -0.330 e. The van der Waals surface area contributed by atoms with Crippen molar-refractivity contribution in [2.75, 3.05) is 20.1 Å². The fourth-order valence-corrected chi connectivity index (χ4v) is 1.91. The van der Waals surface area contributed by atoms with Gasteiger partial charge >= 0.3 is 0 Å². The molecule has 0 amide bonds. The number of nitrogens with zero attached hydrogens (tertiary/aromatic N) is 4. The van der Waals surface area contributed by atoms with Crippen LogP contribution in [0.5, 0.6) is 0 Å². The highest BCUT2D eigenvalue weighted by molar-refractivity contribution is 4.87. The van der Waals surface area contributed by atoms with Gasteiger partial charge in [-0.3, -0.25) is 4.90 Å². The van der Waals surface area contributed by atoms with Crippen LogP contribution in [-0.4, -0.2) is 39.8 Å². The van der Waals surface area contributed by atoms with Crippen LogP contribution in [0.4, 0.5) is 0 Å². The van der Waals surface area contributed by atoms with Crippen molar-refractivity contribution in [3.8, 4) is 0 Å². The summed E-state index contributed by atoms with van der Waals surface area (Å²) in [7, 11) is 2.09. The van der Waals surface area contributed by atoms with Crippen LogP contribution in [0.25, 0.3) is 0 Å². The van der Waals surface area contributed by atoms with Crippen molar-refractivity contribution in [2.24, 2.45) is 11.1 Å². The summed E-state index contributed by atoms with van der Waals surface area (Å²) in [5.41, 5.74) is 5.88. The van der Waals surface area contributed by atoms with Gasteiger partial charge in [-0.05, 0) is 32.9 Å². The fourth-order valence-electron chi connectivity index (χ4n) is 1.91. The Balaban J connectivity index is 2.62. The van der Waals surface area contributed by atoms with E-state index in [-0.39, 0.29) is 5.41 Å². The first-order valence-corrected chi connectivity index (χ1v) is 6.13. The number of nitrogens with two attached hydrogens (primary N) is 1. The van der Waals surface area contributed by atoms with E-state index in [1.807, 2.05) is 4.68 Å². The van der Waals surface area contributed by atoms with E-state index in [1.54, 1.807) is 6.33 Å². The molecule has 0 spiro atoms. The minimum atomic E-state index is 0.136. The first kappa shape index (κ1) is 14.1. The van der Waals surface area contributed by atoms with Crippen LogP contribution in [0.1, 0.15) is 39.6 Å². The van der Waals surface area contributed by atoms with Crippen LogP contribution in [0.3, 0.4) is 0 Å². The Morgan fingerprint density at radius 3 is 2.65 bits per heavy atom. The van der Waals surface area contributed by atoms with E-state index in [2.05, 4.69) is 49.7 Å². The Kier molecular flexibility index (Phi) is 4.65. The van der Waals surface area contributed by atoms with Crippen molar-refractivity contribution in [3.05, 3.63) is 12.2 Å². The normalized spacial score (nSPS) is 12.7. The quantitative estimate of drug-likeness (QED) is 0.812. The zero-order valence-corrected chi connectivity index (χ0v) is 11.6. The Labute approximate surface area is 104 Å². The van der Waals surface area contributed by atoms with Crippen molar-refractivity contribution in [1.82, 2.24) is 19.7 Å². The van der Waals surface area contributed by atoms with Gasteiger partial charge in [0.25, 0.3) is 0 Å². The van der Waals surface area contributed by atoms with E-state index in [0.717, 1.165) is 18.9 Å². The Bertz CT molecular complexity index is 342. The van der Waals surface area contributed by atoms with Crippen molar-refractivity contribution >= 4 is 0 Å². The van der Waals surface area contributed by atoms with Crippen molar-refractivity contribution in [3.63, 3.8) is 0 Å². The van der Waals surface area contributed by atoms with Gasteiger partial charge in [0, 0.05) is 12.6 Å². The predicted octanol–water partition coefficient (Wildman–Crippen LogP) is 1.28. The third-order valence-electron chi connectivity index (χ3n) is 2.80. The van der Waals surface area contributed by atoms with E-state index in [1.165, 1.54) is 0 Å². The molecule has 0 fully saturated rings. The van der Waals surface area contributed by atoms with Crippen molar-refractivity contribution < 1.29 is 0 Å². The van der Waals surface area contributed by atoms with E-state index in [4.69, 9.17) is 5.73 Å². The molecule has 98 valence electrons. The summed E-state index contributed by atoms with van der Waals surface area (Å²) in [6, 6.07) is 0.350. The zero-order chi connectivity index (χ0) is 13.1. The van der Waals surface area contributed by atoms with Gasteiger partial charge in [0.15, 0.2) is 0 Å². The summed E-state index contributed by atoms with van der Waals surface area (Å²) >= 11 is 0. The molecule has 0 aliphatic heterocycles. The first-order valence-electron chi connectivity index (χ1n) is 6.13. The van der Waals surface area contributed by atoms with Gasteiger partial charge in [0.2, 0.25) is 0 Å². The van der Waals surface area contributed by atoms with Crippen LogP contribution < -0.4 is 5.73 Å². The summed E-state index contributed by atoms with van der Waals surface area (Å²) in [4.78, 5) is 6.56. The Morgan fingerprint density at radius 2 is 2.12 bits per heavy atom. The predicted molar refractivity (Wildman–Crippen MR) is 69.6 cm³/mol. The van der Waals surface area contributed by atoms with Crippen LogP contribution in [0.15, 0.2) is 6.33 Å². The maximum Gasteiger partial charge on any atom is 0.141 e. The van der Waals surface area contributed by atoms with Gasteiger partial charge in [-0.25, -0.2) is 9.67 Å². The summed E-state index contributed by atoms with van der Waals surface area (Å²) in [6.07, 6.45) is 1.62. The zero-order valence-electron chi connectivity index (χ0n) is 11.6. The summed E-state index contributed by atoms with van der Waals surface area (Å²) < 4.78 is 1.96. The molecule has 0 aromatic carbocycles. The molecule has 1 aromatic heterocycles. The van der Waals surface area contributed by atoms with Gasteiger partial charge in [0.05, 0.1) is 6.54 Å². The van der Waals surface area contributed by atoms with Gasteiger partial charge < -0.3 is 5.73 Å². The highest BCUT2D eigenvalue weighted by Gasteiger charge is 2.19. The monoisotopic (exact) mass is 239 g/mol. The highest BCUT2D eigenvalue weighted by Crippen LogP contribution is 2.15. The lowest BCUT2D eigenvalue weighted by atomic mass is 9.93. The lowest BCUT2D eigenvalue weighted by Gasteiger charge is -2.28. The molecule has 1 rings (SSSR count). The molecule has 5 nitrogen and oxygen atoms in total. The molecule has 0 bridgehead atoms. The molecule has 0 aliphatic carbocycles. The average molecular weight is 239 g/mol. The second-order valence-electron chi connectivity index (χ2n) is 5.76. The van der Waals surface area contributed by atoms with E-state index in [0.29, 0.717) is 12.6 Å². The van der Waals surface area contributed by atoms with Gasteiger partial charge in [-0.2, -0.15) is 5.10 Å². The molecule has 0 saturated heterocycles. The van der Waals surface area contributed by atoms with E-state index in [9.17, 15) is 0 Å². The maximum absolute atomic E-state index is 5.75. The van der Waals surface area contributed by atoms with E-state index >= 15 is 0 Å². The number of hydrogen-bond acceptors (Lipinski definition) is 4. The van der Waals surface area contributed by atoms with E-state index < -0.39 is 0 Å². The molecule has 1 aromatic rings. The van der Waals surface area contributed by atoms with Crippen LogP contribution in [0, 0.1) is 5.41 Å². The molecule has 2 N–H and O–H groups in total. The molecular formula is C12H25N5. The average Bonchev–Trinajstić information content (AvgIpc) is 2.65. The van der Waals surface area contributed by atoms with Gasteiger partial charge in [0.1, 0.15) is 12.2 Å². The molecule has 0 aliphatic rings. The minimum absolute atomic E-state index is 0.136. The highest BCUT2D eigenvalue weighted by atomic mass is 15.4. The van der Waals surface area contributed by atoms with Crippen molar-refractivity contribution in [1.29, 1.82) is 0 Å². The molecule has 0 atom stereocenters. The molecule has 1 heterocycles. The smallest absolute Gasteiger partial charge is 0.141 e. The third-order valence-corrected chi connectivity index (χ3v) is 2.80. The summed E-state index contributed by atoms with van der Waals surface area (Å²) in [5, 5.41) is 4.24. The summed E-state index contributed by atoms with van der Waals surface area (Å²) in [5.74, 6) is 1.01. The second kappa shape index (κ2) is 5.60. The van der Waals surface area contributed by atoms with Crippen LogP contribution in [-0.2, 0) is 6.54 Å². The fraction of sp³-hybridized carbons (Fsp3) is 0.833. The first-order chi connectivity index (χ1) is 7.85. The third kappa shape index (κ3) is 4.09. The molecule has 0 saturated carbocycles. The van der Waals surface area contributed by atoms with Crippen molar-refractivity contribution in [2.45, 2.75) is 40.3 Å². The maximum atomic E-state index is 5.75. The summed E-state index contributed by atoms with van der Waals surface area (Å²) in [6.45, 7) is 11.0. The largest absolute Gasteiger partial charge is 0.330 e. The molecule has 0 unspecified atom stereocenters. The van der Waals surface area contributed by atoms with Gasteiger partial charge in [-0.1, -0.05) is 13.8 Å². The molecule has 5 heteroatoms. The van der Waals surface area contributed by atoms with Crippen LogP contribution >= 0.6 is 0 Å². The lowest BCUT2D eigenvalue weighted by molar-refractivity contribution is 0.202.